The number of guanidine groups is 1. The van der Waals surface area contributed by atoms with E-state index in [0.717, 1.165) is 45.2 Å². The topological polar surface area (TPSA) is 49.3 Å². The van der Waals surface area contributed by atoms with Crippen molar-refractivity contribution in [2.75, 3.05) is 60.7 Å². The summed E-state index contributed by atoms with van der Waals surface area (Å²) in [4.78, 5) is 9.40. The number of rotatable bonds is 10. The number of aliphatic imine (C=N–C) groups is 1. The van der Waals surface area contributed by atoms with Crippen molar-refractivity contribution in [2.45, 2.75) is 26.4 Å². The van der Waals surface area contributed by atoms with Crippen molar-refractivity contribution >= 4 is 29.9 Å². The SMILES string of the molecule is CCNC(=NCc1ccc(CN(C)C)cc1)N1CCC(COCCOC)C1.I. The van der Waals surface area contributed by atoms with Gasteiger partial charge in [0, 0.05) is 39.2 Å². The molecule has 0 bridgehead atoms. The van der Waals surface area contributed by atoms with Crippen LogP contribution in [-0.4, -0.2) is 76.4 Å². The van der Waals surface area contributed by atoms with Crippen molar-refractivity contribution in [1.82, 2.24) is 15.1 Å². The van der Waals surface area contributed by atoms with Crippen LogP contribution in [0.15, 0.2) is 29.3 Å². The fourth-order valence-electron chi connectivity index (χ4n) is 3.26. The van der Waals surface area contributed by atoms with E-state index in [1.165, 1.54) is 11.1 Å². The molecule has 0 saturated carbocycles. The minimum Gasteiger partial charge on any atom is -0.382 e. The van der Waals surface area contributed by atoms with Gasteiger partial charge in [-0.1, -0.05) is 24.3 Å². The van der Waals surface area contributed by atoms with Crippen LogP contribution < -0.4 is 5.32 Å². The molecule has 0 amide bonds. The number of likely N-dealkylation sites (tertiary alicyclic amines) is 1. The molecule has 0 aliphatic carbocycles. The maximum Gasteiger partial charge on any atom is 0.194 e. The molecule has 0 radical (unpaired) electrons. The Morgan fingerprint density at radius 3 is 2.57 bits per heavy atom. The first kappa shape index (κ1) is 25.1. The van der Waals surface area contributed by atoms with Crippen molar-refractivity contribution in [2.24, 2.45) is 10.9 Å². The summed E-state index contributed by atoms with van der Waals surface area (Å²) < 4.78 is 10.7. The molecule has 6 nitrogen and oxygen atoms in total. The predicted octanol–water partition coefficient (Wildman–Crippen LogP) is 2.82. The lowest BCUT2D eigenvalue weighted by molar-refractivity contribution is 0.0536. The van der Waals surface area contributed by atoms with Gasteiger partial charge in [0.05, 0.1) is 26.4 Å². The third-order valence-electron chi connectivity index (χ3n) is 4.64. The molecular weight excluding hydrogens is 467 g/mol. The van der Waals surface area contributed by atoms with E-state index in [-0.39, 0.29) is 24.0 Å². The number of hydrogen-bond acceptors (Lipinski definition) is 4. The Morgan fingerprint density at radius 2 is 1.93 bits per heavy atom. The van der Waals surface area contributed by atoms with Crippen LogP contribution in [0.25, 0.3) is 0 Å². The van der Waals surface area contributed by atoms with Gasteiger partial charge in [-0.15, -0.1) is 24.0 Å². The molecule has 1 atom stereocenters. The number of ether oxygens (including phenoxy) is 2. The summed E-state index contributed by atoms with van der Waals surface area (Å²) in [6.07, 6.45) is 1.15. The summed E-state index contributed by atoms with van der Waals surface area (Å²) in [5.74, 6) is 1.57. The smallest absolute Gasteiger partial charge is 0.194 e. The van der Waals surface area contributed by atoms with Crippen LogP contribution in [0.3, 0.4) is 0 Å². The van der Waals surface area contributed by atoms with Crippen LogP contribution >= 0.6 is 24.0 Å². The van der Waals surface area contributed by atoms with Gasteiger partial charge in [-0.05, 0) is 38.6 Å². The second-order valence-electron chi connectivity index (χ2n) is 7.39. The second-order valence-corrected chi connectivity index (χ2v) is 7.39. The van der Waals surface area contributed by atoms with Gasteiger partial charge in [-0.2, -0.15) is 0 Å². The zero-order valence-electron chi connectivity index (χ0n) is 17.8. The third kappa shape index (κ3) is 9.07. The van der Waals surface area contributed by atoms with E-state index in [9.17, 15) is 0 Å². The van der Waals surface area contributed by atoms with Crippen molar-refractivity contribution in [3.8, 4) is 0 Å². The first-order valence-corrected chi connectivity index (χ1v) is 9.94. The molecule has 160 valence electrons. The monoisotopic (exact) mass is 504 g/mol. The second kappa shape index (κ2) is 14.1. The molecular formula is C21H37IN4O2. The Morgan fingerprint density at radius 1 is 1.21 bits per heavy atom. The highest BCUT2D eigenvalue weighted by molar-refractivity contribution is 14.0. The van der Waals surface area contributed by atoms with E-state index in [1.807, 2.05) is 0 Å². The van der Waals surface area contributed by atoms with Gasteiger partial charge in [0.2, 0.25) is 0 Å². The van der Waals surface area contributed by atoms with Gasteiger partial charge < -0.3 is 24.6 Å². The largest absolute Gasteiger partial charge is 0.382 e. The van der Waals surface area contributed by atoms with Gasteiger partial charge in [-0.25, -0.2) is 4.99 Å². The van der Waals surface area contributed by atoms with E-state index in [4.69, 9.17) is 14.5 Å². The Bertz CT molecular complexity index is 566. The summed E-state index contributed by atoms with van der Waals surface area (Å²) in [5, 5.41) is 3.44. The lowest BCUT2D eigenvalue weighted by atomic mass is 10.1. The van der Waals surface area contributed by atoms with Crippen LogP contribution in [0.1, 0.15) is 24.5 Å². The molecule has 1 heterocycles. The summed E-state index contributed by atoms with van der Waals surface area (Å²) in [6, 6.07) is 8.76. The molecule has 0 aromatic heterocycles. The molecule has 1 aromatic carbocycles. The van der Waals surface area contributed by atoms with Gasteiger partial charge in [-0.3, -0.25) is 0 Å². The maximum absolute atomic E-state index is 5.70. The van der Waals surface area contributed by atoms with Crippen molar-refractivity contribution in [3.63, 3.8) is 0 Å². The lowest BCUT2D eigenvalue weighted by Gasteiger charge is -2.21. The van der Waals surface area contributed by atoms with E-state index in [2.05, 4.69) is 60.4 Å². The Balaban J connectivity index is 0.00000392. The average molecular weight is 504 g/mol. The maximum atomic E-state index is 5.70. The van der Waals surface area contributed by atoms with Crippen LogP contribution in [-0.2, 0) is 22.6 Å². The van der Waals surface area contributed by atoms with E-state index in [0.29, 0.717) is 25.7 Å². The molecule has 1 N–H and O–H groups in total. The summed E-state index contributed by atoms with van der Waals surface area (Å²) in [6.45, 7) is 8.83. The molecule has 7 heteroatoms. The van der Waals surface area contributed by atoms with Gasteiger partial charge in [0.25, 0.3) is 0 Å². The normalized spacial score (nSPS) is 17.1. The lowest BCUT2D eigenvalue weighted by Crippen LogP contribution is -2.40. The molecule has 1 fully saturated rings. The predicted molar refractivity (Wildman–Crippen MR) is 126 cm³/mol. The van der Waals surface area contributed by atoms with Crippen molar-refractivity contribution < 1.29 is 9.47 Å². The minimum atomic E-state index is 0. The van der Waals surface area contributed by atoms with Gasteiger partial charge >= 0.3 is 0 Å². The summed E-state index contributed by atoms with van der Waals surface area (Å²) in [7, 11) is 5.88. The number of benzene rings is 1. The molecule has 1 aromatic rings. The molecule has 1 aliphatic heterocycles. The first-order chi connectivity index (χ1) is 13.1. The number of halogens is 1. The fraction of sp³-hybridized carbons (Fsp3) is 0.667. The third-order valence-corrected chi connectivity index (χ3v) is 4.64. The standard InChI is InChI=1S/C21H36N4O2.HI/c1-5-22-21(25-11-10-20(16-25)17-27-13-12-26-4)23-14-18-6-8-19(9-7-18)15-24(2)3;/h6-9,20H,5,10-17H2,1-4H3,(H,22,23);1H. The number of hydrogen-bond donors (Lipinski definition) is 1. The Labute approximate surface area is 187 Å². The van der Waals surface area contributed by atoms with E-state index in [1.54, 1.807) is 7.11 Å². The number of nitrogens with one attached hydrogen (secondary N) is 1. The van der Waals surface area contributed by atoms with E-state index >= 15 is 0 Å². The van der Waals surface area contributed by atoms with Crippen molar-refractivity contribution in [1.29, 1.82) is 0 Å². The molecule has 1 unspecified atom stereocenters. The number of methoxy groups -OCH3 is 1. The minimum absolute atomic E-state index is 0. The highest BCUT2D eigenvalue weighted by Crippen LogP contribution is 2.17. The van der Waals surface area contributed by atoms with Crippen molar-refractivity contribution in [3.05, 3.63) is 35.4 Å². The van der Waals surface area contributed by atoms with Gasteiger partial charge in [0.1, 0.15) is 0 Å². The molecule has 2 rings (SSSR count). The highest BCUT2D eigenvalue weighted by Gasteiger charge is 2.24. The molecule has 0 spiro atoms. The van der Waals surface area contributed by atoms with Crippen LogP contribution in [0.5, 0.6) is 0 Å². The van der Waals surface area contributed by atoms with Crippen LogP contribution in [0, 0.1) is 5.92 Å². The zero-order chi connectivity index (χ0) is 19.5. The molecule has 1 aliphatic rings. The fourth-order valence-corrected chi connectivity index (χ4v) is 3.26. The van der Waals surface area contributed by atoms with Gasteiger partial charge in [0.15, 0.2) is 5.96 Å². The average Bonchev–Trinajstić information content (AvgIpc) is 3.12. The summed E-state index contributed by atoms with van der Waals surface area (Å²) >= 11 is 0. The molecule has 1 saturated heterocycles. The van der Waals surface area contributed by atoms with Crippen LogP contribution in [0.4, 0.5) is 0 Å². The summed E-state index contributed by atoms with van der Waals surface area (Å²) in [5.41, 5.74) is 2.57. The van der Waals surface area contributed by atoms with Crippen LogP contribution in [0.2, 0.25) is 0 Å². The molecule has 28 heavy (non-hydrogen) atoms. The number of nitrogens with zero attached hydrogens (tertiary/aromatic N) is 3. The van der Waals surface area contributed by atoms with E-state index < -0.39 is 0 Å². The quantitative estimate of drug-likeness (QED) is 0.230. The Kier molecular flexibility index (Phi) is 12.7. The Hall–Kier alpha value is -0.900. The highest BCUT2D eigenvalue weighted by atomic mass is 127. The first-order valence-electron chi connectivity index (χ1n) is 9.94. The zero-order valence-corrected chi connectivity index (χ0v) is 20.1.